The van der Waals surface area contributed by atoms with Crippen molar-refractivity contribution < 1.29 is 83.9 Å². The van der Waals surface area contributed by atoms with Gasteiger partial charge in [0.1, 0.15) is 0 Å². The van der Waals surface area contributed by atoms with Crippen LogP contribution in [0.15, 0.2) is 0 Å². The summed E-state index contributed by atoms with van der Waals surface area (Å²) in [6, 6.07) is 0. The largest absolute Gasteiger partial charge is 1.00 e. The van der Waals surface area contributed by atoms with Gasteiger partial charge in [-0.1, -0.05) is 7.43 Å². The van der Waals surface area contributed by atoms with E-state index in [0.717, 1.165) is 0 Å². The third-order valence-electron chi connectivity index (χ3n) is 0. The van der Waals surface area contributed by atoms with Gasteiger partial charge in [-0.25, -0.2) is 0 Å². The zero-order chi connectivity index (χ0) is 0. The summed E-state index contributed by atoms with van der Waals surface area (Å²) in [6.45, 7) is 0. The molecule has 0 unspecified atom stereocenters. The molecule has 0 atom stereocenters. The SMILES string of the molecule is C.[Cl-].[Cl-].[Na+].[Na+]. The van der Waals surface area contributed by atoms with Crippen molar-refractivity contribution in [2.75, 3.05) is 0 Å². The predicted octanol–water partition coefficient (Wildman–Crippen LogP) is -11.3. The van der Waals surface area contributed by atoms with Crippen LogP contribution in [0.5, 0.6) is 0 Å². The number of hydrogen-bond acceptors (Lipinski definition) is 0. The molecule has 0 heterocycles. The van der Waals surface area contributed by atoms with E-state index in [1.807, 2.05) is 0 Å². The van der Waals surface area contributed by atoms with Crippen molar-refractivity contribution in [2.45, 2.75) is 7.43 Å². The van der Waals surface area contributed by atoms with Crippen molar-refractivity contribution in [3.63, 3.8) is 0 Å². The molecule has 24 valence electrons. The molecule has 0 aromatic rings. The van der Waals surface area contributed by atoms with Gasteiger partial charge in [0.15, 0.2) is 0 Å². The second-order valence-corrected chi connectivity index (χ2v) is 0. The van der Waals surface area contributed by atoms with E-state index in [1.54, 1.807) is 0 Å². The average molecular weight is 133 g/mol. The van der Waals surface area contributed by atoms with Crippen LogP contribution in [0.3, 0.4) is 0 Å². The first-order valence-electron chi connectivity index (χ1n) is 0. The van der Waals surface area contributed by atoms with Gasteiger partial charge in [0.25, 0.3) is 0 Å². The van der Waals surface area contributed by atoms with Gasteiger partial charge in [0.2, 0.25) is 0 Å². The van der Waals surface area contributed by atoms with Gasteiger partial charge in [0, 0.05) is 0 Å². The molecule has 0 fully saturated rings. The molecule has 0 bridgehead atoms. The number of halogens is 2. The van der Waals surface area contributed by atoms with Crippen molar-refractivity contribution >= 4 is 0 Å². The molecule has 4 heteroatoms. The smallest absolute Gasteiger partial charge is 1.00 e. The Kier molecular flexibility index (Phi) is 304. The fourth-order valence-electron chi connectivity index (χ4n) is 0. The summed E-state index contributed by atoms with van der Waals surface area (Å²) in [6.07, 6.45) is 0. The Labute approximate surface area is 89.9 Å². The third-order valence-corrected chi connectivity index (χ3v) is 0. The van der Waals surface area contributed by atoms with E-state index in [0.29, 0.717) is 0 Å². The van der Waals surface area contributed by atoms with Gasteiger partial charge in [0.05, 0.1) is 0 Å². The summed E-state index contributed by atoms with van der Waals surface area (Å²) in [4.78, 5) is 0. The van der Waals surface area contributed by atoms with Crippen LogP contribution in [-0.2, 0) is 0 Å². The van der Waals surface area contributed by atoms with Crippen LogP contribution in [0.1, 0.15) is 7.43 Å². The van der Waals surface area contributed by atoms with Crippen molar-refractivity contribution in [2.24, 2.45) is 0 Å². The molecule has 0 saturated carbocycles. The minimum atomic E-state index is 0. The van der Waals surface area contributed by atoms with E-state index < -0.39 is 0 Å². The first kappa shape index (κ1) is 49.3. The van der Waals surface area contributed by atoms with Crippen LogP contribution >= 0.6 is 0 Å². The molecule has 0 aliphatic heterocycles. The van der Waals surface area contributed by atoms with Gasteiger partial charge in [-0.3, -0.25) is 0 Å². The van der Waals surface area contributed by atoms with Crippen LogP contribution in [0.4, 0.5) is 0 Å². The molecule has 0 aromatic heterocycles. The van der Waals surface area contributed by atoms with E-state index in [2.05, 4.69) is 0 Å². The summed E-state index contributed by atoms with van der Waals surface area (Å²) in [7, 11) is 0. The Bertz CT molecular complexity index is 7.61. The molecule has 0 radical (unpaired) electrons. The Morgan fingerprint density at radius 1 is 0.600 bits per heavy atom. The second-order valence-electron chi connectivity index (χ2n) is 0. The maximum atomic E-state index is 0. The Morgan fingerprint density at radius 2 is 0.600 bits per heavy atom. The minimum absolute atomic E-state index is 0. The Morgan fingerprint density at radius 3 is 0.600 bits per heavy atom. The quantitative estimate of drug-likeness (QED) is 0.288. The Hall–Kier alpha value is 2.58. The Balaban J connectivity index is 0. The van der Waals surface area contributed by atoms with Crippen LogP contribution in [0.2, 0.25) is 0 Å². The van der Waals surface area contributed by atoms with Crippen LogP contribution in [-0.4, -0.2) is 0 Å². The van der Waals surface area contributed by atoms with Gasteiger partial charge < -0.3 is 24.8 Å². The van der Waals surface area contributed by atoms with Crippen LogP contribution in [0.25, 0.3) is 0 Å². The molecule has 0 amide bonds. The van der Waals surface area contributed by atoms with E-state index in [-0.39, 0.29) is 91.4 Å². The van der Waals surface area contributed by atoms with Crippen molar-refractivity contribution in [3.05, 3.63) is 0 Å². The van der Waals surface area contributed by atoms with Gasteiger partial charge in [-0.2, -0.15) is 0 Å². The maximum Gasteiger partial charge on any atom is 1.00 e. The standard InChI is InChI=1S/CH4.2ClH.2Na/h1H4;2*1H;;/q;;;2*+1/p-2. The summed E-state index contributed by atoms with van der Waals surface area (Å²) in [5.41, 5.74) is 0. The number of hydrogen-bond donors (Lipinski definition) is 0. The van der Waals surface area contributed by atoms with Gasteiger partial charge in [-0.05, 0) is 0 Å². The predicted molar refractivity (Wildman–Crippen MR) is 6.73 cm³/mol. The minimum Gasteiger partial charge on any atom is -1.00 e. The fourth-order valence-corrected chi connectivity index (χ4v) is 0. The number of rotatable bonds is 0. The molecule has 0 nitrogen and oxygen atoms in total. The van der Waals surface area contributed by atoms with Crippen LogP contribution < -0.4 is 83.9 Å². The normalized spacial score (nSPS) is 0. The molecule has 0 saturated heterocycles. The molecule has 5 heavy (non-hydrogen) atoms. The van der Waals surface area contributed by atoms with Gasteiger partial charge >= 0.3 is 59.1 Å². The van der Waals surface area contributed by atoms with Crippen molar-refractivity contribution in [3.8, 4) is 0 Å². The molecule has 0 rings (SSSR count). The molecule has 0 N–H and O–H groups in total. The third kappa shape index (κ3) is 20.7. The van der Waals surface area contributed by atoms with E-state index >= 15 is 0 Å². The summed E-state index contributed by atoms with van der Waals surface area (Å²) < 4.78 is 0. The summed E-state index contributed by atoms with van der Waals surface area (Å²) >= 11 is 0. The molecular formula is CH4Cl2Na2. The molecule has 0 spiro atoms. The zero-order valence-electron chi connectivity index (χ0n) is 2.76. The molecule has 0 aromatic carbocycles. The van der Waals surface area contributed by atoms with Gasteiger partial charge in [-0.15, -0.1) is 0 Å². The maximum absolute atomic E-state index is 0. The molecule has 0 aliphatic rings. The van der Waals surface area contributed by atoms with Crippen molar-refractivity contribution in [1.29, 1.82) is 0 Å². The first-order valence-corrected chi connectivity index (χ1v) is 0. The molecular weight excluding hydrogens is 129 g/mol. The van der Waals surface area contributed by atoms with E-state index in [9.17, 15) is 0 Å². The fraction of sp³-hybridized carbons (Fsp3) is 1.00. The van der Waals surface area contributed by atoms with Crippen molar-refractivity contribution in [1.82, 2.24) is 0 Å². The average Bonchev–Trinajstić information content (AvgIpc) is 0. The zero-order valence-corrected chi connectivity index (χ0v) is 8.27. The monoisotopic (exact) mass is 132 g/mol. The van der Waals surface area contributed by atoms with E-state index in [1.165, 1.54) is 0 Å². The second kappa shape index (κ2) is 30.8. The van der Waals surface area contributed by atoms with E-state index in [4.69, 9.17) is 0 Å². The van der Waals surface area contributed by atoms with Crippen LogP contribution in [0, 0.1) is 0 Å². The summed E-state index contributed by atoms with van der Waals surface area (Å²) in [5, 5.41) is 0. The molecule has 0 aliphatic carbocycles. The topological polar surface area (TPSA) is 0 Å². The summed E-state index contributed by atoms with van der Waals surface area (Å²) in [5.74, 6) is 0. The first-order chi connectivity index (χ1) is 0.